The largest absolute Gasteiger partial charge is 0.394 e. The summed E-state index contributed by atoms with van der Waals surface area (Å²) in [6.07, 6.45) is 81.0. The summed E-state index contributed by atoms with van der Waals surface area (Å²) in [4.78, 5) is 13.1. The van der Waals surface area contributed by atoms with Crippen molar-refractivity contribution < 1.29 is 39.8 Å². The molecule has 7 atom stereocenters. The highest BCUT2D eigenvalue weighted by atomic mass is 16.7. The molecule has 0 aromatic rings. The first-order chi connectivity index (χ1) is 41.3. The molecular weight excluding hydrogens is 1040 g/mol. The molecule has 1 saturated heterocycles. The second kappa shape index (κ2) is 64.1. The predicted octanol–water partition coefficient (Wildman–Crippen LogP) is 20.4. The first-order valence-corrected chi connectivity index (χ1v) is 36.9. The second-order valence-corrected chi connectivity index (χ2v) is 25.7. The number of aliphatic hydroxyl groups excluding tert-OH is 5. The summed E-state index contributed by atoms with van der Waals surface area (Å²) in [5, 5.41) is 54.7. The summed E-state index contributed by atoms with van der Waals surface area (Å²) in [7, 11) is 0. The van der Waals surface area contributed by atoms with Gasteiger partial charge in [0, 0.05) is 6.42 Å². The average molecular weight is 1180 g/mol. The van der Waals surface area contributed by atoms with E-state index >= 15 is 0 Å². The zero-order valence-electron chi connectivity index (χ0n) is 55.4. The number of ether oxygens (including phenoxy) is 2. The number of hydrogen-bond acceptors (Lipinski definition) is 8. The fourth-order valence-electron chi connectivity index (χ4n) is 11.9. The molecule has 1 aliphatic rings. The van der Waals surface area contributed by atoms with Gasteiger partial charge in [-0.05, 0) is 64.2 Å². The van der Waals surface area contributed by atoms with Gasteiger partial charge in [-0.25, -0.2) is 0 Å². The minimum absolute atomic E-state index is 0.179. The molecule has 1 amide bonds. The van der Waals surface area contributed by atoms with Gasteiger partial charge < -0.3 is 40.3 Å². The van der Waals surface area contributed by atoms with Crippen LogP contribution in [-0.2, 0) is 14.3 Å². The Morgan fingerprint density at radius 2 is 0.714 bits per heavy atom. The number of rotatable bonds is 65. The molecule has 6 N–H and O–H groups in total. The third kappa shape index (κ3) is 52.1. The van der Waals surface area contributed by atoms with E-state index in [0.29, 0.717) is 6.42 Å². The number of nitrogens with one attached hydrogen (secondary N) is 1. The Morgan fingerprint density at radius 1 is 0.405 bits per heavy atom. The average Bonchev–Trinajstić information content (AvgIpc) is 3.70. The van der Waals surface area contributed by atoms with Crippen LogP contribution in [0.5, 0.6) is 0 Å². The van der Waals surface area contributed by atoms with Crippen LogP contribution >= 0.6 is 0 Å². The van der Waals surface area contributed by atoms with Crippen molar-refractivity contribution in [3.05, 3.63) is 48.6 Å². The van der Waals surface area contributed by atoms with Crippen LogP contribution in [0.25, 0.3) is 0 Å². The highest BCUT2D eigenvalue weighted by molar-refractivity contribution is 5.76. The SMILES string of the molecule is CCCCCCC/C=C\C/C=C\CCCCCCCCCCCCCCCCCCCCCCCCCCCCCC(=O)NC(COC1OC(CO)C(O)C(O)C1O)C(O)/C=C/CC/C=C/CCCCCCCCCCCCCCCCCC. The number of carbonyl (C=O) groups excluding carboxylic acids is 1. The number of carbonyl (C=O) groups is 1. The fraction of sp³-hybridized carbons (Fsp3) is 0.880. The summed E-state index contributed by atoms with van der Waals surface area (Å²) in [5.74, 6) is -0.179. The quantitative estimate of drug-likeness (QED) is 0.0261. The van der Waals surface area contributed by atoms with Crippen LogP contribution in [0, 0.1) is 0 Å². The van der Waals surface area contributed by atoms with E-state index in [1.54, 1.807) is 6.08 Å². The van der Waals surface area contributed by atoms with Crippen LogP contribution in [0.3, 0.4) is 0 Å². The van der Waals surface area contributed by atoms with E-state index in [1.807, 2.05) is 6.08 Å². The number of aliphatic hydroxyl groups is 5. The summed E-state index contributed by atoms with van der Waals surface area (Å²) in [6.45, 7) is 3.80. The number of unbranched alkanes of at least 4 members (excludes halogenated alkanes) is 49. The van der Waals surface area contributed by atoms with E-state index in [0.717, 1.165) is 44.9 Å². The topological polar surface area (TPSA) is 149 Å². The van der Waals surface area contributed by atoms with E-state index in [1.165, 1.54) is 302 Å². The lowest BCUT2D eigenvalue weighted by Gasteiger charge is -2.40. The maximum Gasteiger partial charge on any atom is 0.220 e. The molecule has 0 aromatic heterocycles. The molecule has 7 unspecified atom stereocenters. The Morgan fingerprint density at radius 3 is 1.07 bits per heavy atom. The van der Waals surface area contributed by atoms with Crippen LogP contribution in [0.2, 0.25) is 0 Å². The van der Waals surface area contributed by atoms with Crippen molar-refractivity contribution in [3.63, 3.8) is 0 Å². The fourth-order valence-corrected chi connectivity index (χ4v) is 11.9. The molecule has 0 aliphatic carbocycles. The maximum absolute atomic E-state index is 13.1. The van der Waals surface area contributed by atoms with E-state index in [-0.39, 0.29) is 12.5 Å². The zero-order chi connectivity index (χ0) is 60.7. The maximum atomic E-state index is 13.1. The third-order valence-corrected chi connectivity index (χ3v) is 17.6. The first-order valence-electron chi connectivity index (χ1n) is 36.9. The van der Waals surface area contributed by atoms with Crippen LogP contribution < -0.4 is 5.32 Å². The van der Waals surface area contributed by atoms with Gasteiger partial charge in [0.2, 0.25) is 5.91 Å². The molecule has 0 aromatic carbocycles. The molecule has 9 heteroatoms. The van der Waals surface area contributed by atoms with Gasteiger partial charge in [0.25, 0.3) is 0 Å². The number of amides is 1. The normalized spacial score (nSPS) is 18.4. The van der Waals surface area contributed by atoms with Crippen molar-refractivity contribution in [3.8, 4) is 0 Å². The van der Waals surface area contributed by atoms with Crippen molar-refractivity contribution in [1.82, 2.24) is 5.32 Å². The molecule has 84 heavy (non-hydrogen) atoms. The summed E-state index contributed by atoms with van der Waals surface area (Å²) in [5.41, 5.74) is 0. The molecule has 1 rings (SSSR count). The molecule has 1 heterocycles. The Kier molecular flexibility index (Phi) is 61.2. The van der Waals surface area contributed by atoms with E-state index in [2.05, 4.69) is 55.6 Å². The smallest absolute Gasteiger partial charge is 0.220 e. The van der Waals surface area contributed by atoms with Crippen molar-refractivity contribution in [2.45, 2.75) is 410 Å². The van der Waals surface area contributed by atoms with Crippen LogP contribution in [0.15, 0.2) is 48.6 Å². The van der Waals surface area contributed by atoms with Crippen molar-refractivity contribution in [2.24, 2.45) is 0 Å². The zero-order valence-corrected chi connectivity index (χ0v) is 55.4. The van der Waals surface area contributed by atoms with Gasteiger partial charge in [-0.2, -0.15) is 0 Å². The minimum atomic E-state index is -1.57. The van der Waals surface area contributed by atoms with E-state index < -0.39 is 49.5 Å². The number of allylic oxidation sites excluding steroid dienone is 7. The Balaban J connectivity index is 2.07. The van der Waals surface area contributed by atoms with Gasteiger partial charge in [-0.3, -0.25) is 4.79 Å². The molecule has 9 nitrogen and oxygen atoms in total. The number of hydrogen-bond donors (Lipinski definition) is 6. The van der Waals surface area contributed by atoms with Crippen LogP contribution in [-0.4, -0.2) is 87.5 Å². The van der Waals surface area contributed by atoms with Gasteiger partial charge in [-0.1, -0.05) is 345 Å². The minimum Gasteiger partial charge on any atom is -0.394 e. The molecule has 1 aliphatic heterocycles. The monoisotopic (exact) mass is 1180 g/mol. The molecule has 0 bridgehead atoms. The Bertz CT molecular complexity index is 1470. The van der Waals surface area contributed by atoms with Gasteiger partial charge >= 0.3 is 0 Å². The molecule has 0 radical (unpaired) electrons. The predicted molar refractivity (Wildman–Crippen MR) is 359 cm³/mol. The summed E-state index contributed by atoms with van der Waals surface area (Å²) in [6, 6.07) is -0.822. The molecule has 494 valence electrons. The Labute approximate surface area is 520 Å². The van der Waals surface area contributed by atoms with Crippen molar-refractivity contribution >= 4 is 5.91 Å². The first kappa shape index (κ1) is 80.2. The molecule has 0 spiro atoms. The second-order valence-electron chi connectivity index (χ2n) is 25.7. The highest BCUT2D eigenvalue weighted by Gasteiger charge is 2.44. The molecule has 1 fully saturated rings. The third-order valence-electron chi connectivity index (χ3n) is 17.6. The lowest BCUT2D eigenvalue weighted by atomic mass is 9.99. The van der Waals surface area contributed by atoms with Gasteiger partial charge in [0.1, 0.15) is 24.4 Å². The molecule has 0 saturated carbocycles. The summed E-state index contributed by atoms with van der Waals surface area (Å²) < 4.78 is 11.3. The van der Waals surface area contributed by atoms with Gasteiger partial charge in [-0.15, -0.1) is 0 Å². The van der Waals surface area contributed by atoms with Crippen LogP contribution in [0.4, 0.5) is 0 Å². The lowest BCUT2D eigenvalue weighted by Crippen LogP contribution is -2.60. The van der Waals surface area contributed by atoms with E-state index in [9.17, 15) is 30.3 Å². The highest BCUT2D eigenvalue weighted by Crippen LogP contribution is 2.23. The van der Waals surface area contributed by atoms with Crippen LogP contribution in [0.1, 0.15) is 367 Å². The Hall–Kier alpha value is -1.85. The molecular formula is C75H141NO8. The van der Waals surface area contributed by atoms with Gasteiger partial charge in [0.05, 0.1) is 25.4 Å². The van der Waals surface area contributed by atoms with Crippen molar-refractivity contribution in [1.29, 1.82) is 0 Å². The van der Waals surface area contributed by atoms with E-state index in [4.69, 9.17) is 9.47 Å². The van der Waals surface area contributed by atoms with Crippen molar-refractivity contribution in [2.75, 3.05) is 13.2 Å². The standard InChI is InChI=1S/C75H141NO8/c1-3-5-7-9-11-13-15-17-19-21-23-25-27-28-29-30-31-32-33-34-35-36-37-38-39-40-41-42-43-45-47-49-51-53-55-57-59-61-63-65-71(79)76-68(67-83-75-74(82)73(81)72(80)70(66-77)84-75)69(78)64-62-60-58-56-54-52-50-48-46-44-26-24-22-20-18-16-14-12-10-8-6-4-2/h15,17,21,23,54,56,62,64,68-70,72-75,77-78,80-82H,3-14,16,18-20,22,24-53,55,57-61,63,65-67H2,1-2H3,(H,76,79)/b17-15-,23-21-,56-54+,64-62+. The van der Waals surface area contributed by atoms with Gasteiger partial charge in [0.15, 0.2) is 6.29 Å². The summed E-state index contributed by atoms with van der Waals surface area (Å²) >= 11 is 0. The lowest BCUT2D eigenvalue weighted by molar-refractivity contribution is -0.302.